The van der Waals surface area contributed by atoms with Gasteiger partial charge in [0.05, 0.1) is 4.47 Å². The minimum Gasteiger partial charge on any atom is -0.450 e. The van der Waals surface area contributed by atoms with Crippen molar-refractivity contribution in [2.75, 3.05) is 13.1 Å². The van der Waals surface area contributed by atoms with Crippen molar-refractivity contribution in [3.05, 3.63) is 34.5 Å². The Kier molecular flexibility index (Phi) is 4.04. The minimum atomic E-state index is -0.0266. The molecule has 112 valence electrons. The van der Waals surface area contributed by atoms with E-state index in [0.29, 0.717) is 11.7 Å². The van der Waals surface area contributed by atoms with Crippen LogP contribution >= 0.6 is 15.9 Å². The zero-order valence-corrected chi connectivity index (χ0v) is 13.6. The third-order valence-electron chi connectivity index (χ3n) is 4.28. The third-order valence-corrected chi connectivity index (χ3v) is 4.90. The predicted octanol–water partition coefficient (Wildman–Crippen LogP) is 3.39. The van der Waals surface area contributed by atoms with Gasteiger partial charge in [-0.3, -0.25) is 4.79 Å². The molecule has 0 bridgehead atoms. The van der Waals surface area contributed by atoms with Crippen molar-refractivity contribution in [2.24, 2.45) is 11.7 Å². The second kappa shape index (κ2) is 5.81. The standard InChI is InChI=1S/C16H19BrN2O2/c1-10(18)11-5-7-19(8-6-11)16(20)14-9-12-3-2-4-13(17)15(12)21-14/h2-4,9-11H,5-8,18H2,1H3. The van der Waals surface area contributed by atoms with Crippen molar-refractivity contribution in [3.8, 4) is 0 Å². The molecule has 1 aliphatic heterocycles. The summed E-state index contributed by atoms with van der Waals surface area (Å²) < 4.78 is 6.60. The van der Waals surface area contributed by atoms with Gasteiger partial charge >= 0.3 is 0 Å². The summed E-state index contributed by atoms with van der Waals surface area (Å²) in [7, 11) is 0. The van der Waals surface area contributed by atoms with Crippen LogP contribution in [0.1, 0.15) is 30.3 Å². The number of piperidine rings is 1. The van der Waals surface area contributed by atoms with Gasteiger partial charge in [0.15, 0.2) is 5.76 Å². The van der Waals surface area contributed by atoms with Crippen LogP contribution in [0.15, 0.2) is 33.2 Å². The van der Waals surface area contributed by atoms with E-state index in [4.69, 9.17) is 10.2 Å². The highest BCUT2D eigenvalue weighted by molar-refractivity contribution is 9.10. The Hall–Kier alpha value is -1.33. The van der Waals surface area contributed by atoms with Crippen LogP contribution in [-0.2, 0) is 0 Å². The van der Waals surface area contributed by atoms with Crippen molar-refractivity contribution in [1.82, 2.24) is 4.90 Å². The fourth-order valence-corrected chi connectivity index (χ4v) is 3.38. The number of hydrogen-bond acceptors (Lipinski definition) is 3. The third kappa shape index (κ3) is 2.85. The highest BCUT2D eigenvalue weighted by Crippen LogP contribution is 2.28. The van der Waals surface area contributed by atoms with Crippen LogP contribution < -0.4 is 5.73 Å². The lowest BCUT2D eigenvalue weighted by Crippen LogP contribution is -2.42. The van der Waals surface area contributed by atoms with E-state index < -0.39 is 0 Å². The number of rotatable bonds is 2. The molecule has 5 heteroatoms. The lowest BCUT2D eigenvalue weighted by atomic mass is 9.91. The molecule has 21 heavy (non-hydrogen) atoms. The van der Waals surface area contributed by atoms with Gasteiger partial charge in [-0.1, -0.05) is 12.1 Å². The fourth-order valence-electron chi connectivity index (χ4n) is 2.92. The number of hydrogen-bond donors (Lipinski definition) is 1. The van der Waals surface area contributed by atoms with Crippen LogP contribution in [0.4, 0.5) is 0 Å². The van der Waals surface area contributed by atoms with E-state index in [1.807, 2.05) is 36.1 Å². The number of fused-ring (bicyclic) bond motifs is 1. The predicted molar refractivity (Wildman–Crippen MR) is 86.2 cm³/mol. The Morgan fingerprint density at radius 3 is 2.76 bits per heavy atom. The van der Waals surface area contributed by atoms with Crippen molar-refractivity contribution < 1.29 is 9.21 Å². The molecule has 2 N–H and O–H groups in total. The maximum absolute atomic E-state index is 12.5. The quantitative estimate of drug-likeness (QED) is 0.902. The van der Waals surface area contributed by atoms with E-state index >= 15 is 0 Å². The van der Waals surface area contributed by atoms with E-state index in [1.165, 1.54) is 0 Å². The molecule has 4 nitrogen and oxygen atoms in total. The molecule has 2 aromatic rings. The molecular weight excluding hydrogens is 332 g/mol. The number of halogens is 1. The molecule has 1 atom stereocenters. The second-order valence-corrected chi connectivity index (χ2v) is 6.61. The first-order chi connectivity index (χ1) is 10.1. The van der Waals surface area contributed by atoms with E-state index in [-0.39, 0.29) is 11.9 Å². The highest BCUT2D eigenvalue weighted by atomic mass is 79.9. The van der Waals surface area contributed by atoms with Gasteiger partial charge in [0.2, 0.25) is 0 Å². The lowest BCUT2D eigenvalue weighted by molar-refractivity contribution is 0.0651. The summed E-state index contributed by atoms with van der Waals surface area (Å²) in [6.07, 6.45) is 1.93. The second-order valence-electron chi connectivity index (χ2n) is 5.76. The van der Waals surface area contributed by atoms with Crippen LogP contribution in [0.2, 0.25) is 0 Å². The van der Waals surface area contributed by atoms with Crippen molar-refractivity contribution in [1.29, 1.82) is 0 Å². The molecule has 1 amide bonds. The summed E-state index contributed by atoms with van der Waals surface area (Å²) in [5, 5.41) is 0.943. The molecule has 1 saturated heterocycles. The number of likely N-dealkylation sites (tertiary alicyclic amines) is 1. The monoisotopic (exact) mass is 350 g/mol. The van der Waals surface area contributed by atoms with Crippen molar-refractivity contribution >= 4 is 32.8 Å². The van der Waals surface area contributed by atoms with Crippen LogP contribution in [-0.4, -0.2) is 29.9 Å². The van der Waals surface area contributed by atoms with Crippen molar-refractivity contribution in [2.45, 2.75) is 25.8 Å². The maximum atomic E-state index is 12.5. The Bertz CT molecular complexity index is 657. The van der Waals surface area contributed by atoms with Crippen molar-refractivity contribution in [3.63, 3.8) is 0 Å². The van der Waals surface area contributed by atoms with E-state index in [9.17, 15) is 4.79 Å². The number of nitrogens with zero attached hydrogens (tertiary/aromatic N) is 1. The van der Waals surface area contributed by atoms with Gasteiger partial charge < -0.3 is 15.1 Å². The minimum absolute atomic E-state index is 0.0266. The first-order valence-corrected chi connectivity index (χ1v) is 8.08. The summed E-state index contributed by atoms with van der Waals surface area (Å²) in [6.45, 7) is 3.55. The van der Waals surface area contributed by atoms with Gasteiger partial charge in [0, 0.05) is 24.5 Å². The number of benzene rings is 1. The van der Waals surface area contributed by atoms with Gasteiger partial charge in [-0.15, -0.1) is 0 Å². The average molecular weight is 351 g/mol. The zero-order valence-electron chi connectivity index (χ0n) is 12.0. The molecule has 1 aromatic heterocycles. The highest BCUT2D eigenvalue weighted by Gasteiger charge is 2.27. The van der Waals surface area contributed by atoms with Gasteiger partial charge in [0.1, 0.15) is 5.58 Å². The SMILES string of the molecule is CC(N)C1CCN(C(=O)c2cc3cccc(Br)c3o2)CC1. The smallest absolute Gasteiger partial charge is 0.289 e. The topological polar surface area (TPSA) is 59.5 Å². The molecule has 3 rings (SSSR count). The summed E-state index contributed by atoms with van der Waals surface area (Å²) >= 11 is 3.45. The number of furan rings is 1. The van der Waals surface area contributed by atoms with Gasteiger partial charge in [-0.05, 0) is 53.7 Å². The fraction of sp³-hybridized carbons (Fsp3) is 0.438. The van der Waals surface area contributed by atoms with Gasteiger partial charge in [0.25, 0.3) is 5.91 Å². The molecule has 2 heterocycles. The Balaban J connectivity index is 1.77. The Morgan fingerprint density at radius 1 is 1.43 bits per heavy atom. The maximum Gasteiger partial charge on any atom is 0.289 e. The van der Waals surface area contributed by atoms with Gasteiger partial charge in [-0.25, -0.2) is 0 Å². The Morgan fingerprint density at radius 2 is 2.14 bits per heavy atom. The summed E-state index contributed by atoms with van der Waals surface area (Å²) in [5.74, 6) is 0.899. The molecule has 1 aromatic carbocycles. The van der Waals surface area contributed by atoms with Crippen LogP contribution in [0.25, 0.3) is 11.0 Å². The first-order valence-electron chi connectivity index (χ1n) is 7.29. The molecule has 0 radical (unpaired) electrons. The first kappa shape index (κ1) is 14.6. The molecule has 0 spiro atoms. The zero-order chi connectivity index (χ0) is 15.0. The normalized spacial score (nSPS) is 18.1. The molecule has 0 saturated carbocycles. The number of nitrogens with two attached hydrogens (primary N) is 1. The molecule has 0 aliphatic carbocycles. The van der Waals surface area contributed by atoms with Gasteiger partial charge in [-0.2, -0.15) is 0 Å². The van der Waals surface area contributed by atoms with Crippen LogP contribution in [0.5, 0.6) is 0 Å². The lowest BCUT2D eigenvalue weighted by Gasteiger charge is -2.33. The van der Waals surface area contributed by atoms with Crippen LogP contribution in [0.3, 0.4) is 0 Å². The molecular formula is C16H19BrN2O2. The molecule has 1 fully saturated rings. The van der Waals surface area contributed by atoms with E-state index in [1.54, 1.807) is 0 Å². The Labute approximate surface area is 132 Å². The average Bonchev–Trinajstić information content (AvgIpc) is 2.92. The molecule has 1 unspecified atom stereocenters. The number of carbonyl (C=O) groups excluding carboxylic acids is 1. The number of carbonyl (C=O) groups is 1. The van der Waals surface area contributed by atoms with Crippen LogP contribution in [0, 0.1) is 5.92 Å². The summed E-state index contributed by atoms with van der Waals surface area (Å²) in [4.78, 5) is 14.4. The number of para-hydroxylation sites is 1. The van der Waals surface area contributed by atoms with E-state index in [2.05, 4.69) is 15.9 Å². The largest absolute Gasteiger partial charge is 0.450 e. The summed E-state index contributed by atoms with van der Waals surface area (Å²) in [6, 6.07) is 7.81. The molecule has 1 aliphatic rings. The number of amides is 1. The van der Waals surface area contributed by atoms with E-state index in [0.717, 1.165) is 41.4 Å². The summed E-state index contributed by atoms with van der Waals surface area (Å²) in [5.41, 5.74) is 6.67.